The number of halogens is 1. The lowest BCUT2D eigenvalue weighted by Crippen LogP contribution is -2.11. The summed E-state index contributed by atoms with van der Waals surface area (Å²) in [6.45, 7) is 0. The molecule has 1 aliphatic carbocycles. The van der Waals surface area contributed by atoms with Crippen LogP contribution in [0.25, 0.3) is 0 Å². The van der Waals surface area contributed by atoms with E-state index in [-0.39, 0.29) is 5.78 Å². The largest absolute Gasteiger partial charge is 0.293 e. The molecule has 0 N–H and O–H groups in total. The van der Waals surface area contributed by atoms with E-state index in [9.17, 15) is 4.79 Å². The average Bonchev–Trinajstić information content (AvgIpc) is 2.66. The second-order valence-corrected chi connectivity index (χ2v) is 5.55. The number of thiophene rings is 1. The molecule has 1 saturated carbocycles. The molecule has 1 nitrogen and oxygen atoms in total. The molecule has 1 fully saturated rings. The maximum Gasteiger partial charge on any atom is 0.174 e. The highest BCUT2D eigenvalue weighted by molar-refractivity contribution is 7.12. The van der Waals surface area contributed by atoms with E-state index in [1.165, 1.54) is 43.4 Å². The maximum absolute atomic E-state index is 11.9. The summed E-state index contributed by atoms with van der Waals surface area (Å²) in [6.07, 6.45) is 7.04. The summed E-state index contributed by atoms with van der Waals surface area (Å²) in [5.41, 5.74) is 0. The summed E-state index contributed by atoms with van der Waals surface area (Å²) in [4.78, 5) is 12.7. The zero-order valence-corrected chi connectivity index (χ0v) is 10.2. The molecular formula is C12H15ClOS. The highest BCUT2D eigenvalue weighted by Gasteiger charge is 2.19. The molecule has 0 spiro atoms. The maximum atomic E-state index is 11.9. The van der Waals surface area contributed by atoms with Crippen molar-refractivity contribution < 1.29 is 4.79 Å². The third-order valence-electron chi connectivity index (χ3n) is 3.07. The minimum atomic E-state index is 0.238. The zero-order chi connectivity index (χ0) is 10.7. The fraction of sp³-hybridized carbons (Fsp3) is 0.583. The Kier molecular flexibility index (Phi) is 3.81. The molecule has 82 valence electrons. The summed E-state index contributed by atoms with van der Waals surface area (Å²) in [6, 6.07) is 1.81. The monoisotopic (exact) mass is 242 g/mol. The SMILES string of the molecule is O=C(CC1CCCCC1)c1sccc1Cl. The fourth-order valence-corrected chi connectivity index (χ4v) is 3.35. The van der Waals surface area contributed by atoms with Gasteiger partial charge in [-0.15, -0.1) is 11.3 Å². The molecule has 0 aromatic carbocycles. The topological polar surface area (TPSA) is 17.1 Å². The van der Waals surface area contributed by atoms with Gasteiger partial charge in [0.05, 0.1) is 9.90 Å². The van der Waals surface area contributed by atoms with Gasteiger partial charge in [0, 0.05) is 6.42 Å². The predicted molar refractivity (Wildman–Crippen MR) is 64.9 cm³/mol. The average molecular weight is 243 g/mol. The number of carbonyl (C=O) groups excluding carboxylic acids is 1. The Hall–Kier alpha value is -0.340. The minimum Gasteiger partial charge on any atom is -0.293 e. The van der Waals surface area contributed by atoms with E-state index in [1.54, 1.807) is 6.07 Å². The minimum absolute atomic E-state index is 0.238. The molecular weight excluding hydrogens is 228 g/mol. The van der Waals surface area contributed by atoms with Crippen LogP contribution in [-0.4, -0.2) is 5.78 Å². The molecule has 15 heavy (non-hydrogen) atoms. The van der Waals surface area contributed by atoms with E-state index in [0.717, 1.165) is 4.88 Å². The van der Waals surface area contributed by atoms with Gasteiger partial charge in [-0.1, -0.05) is 43.7 Å². The van der Waals surface area contributed by atoms with Crippen molar-refractivity contribution in [3.05, 3.63) is 21.3 Å². The van der Waals surface area contributed by atoms with Gasteiger partial charge in [-0.05, 0) is 17.4 Å². The highest BCUT2D eigenvalue weighted by atomic mass is 35.5. The van der Waals surface area contributed by atoms with Crippen LogP contribution in [0.15, 0.2) is 11.4 Å². The van der Waals surface area contributed by atoms with Crippen molar-refractivity contribution in [1.29, 1.82) is 0 Å². The predicted octanol–water partition coefficient (Wildman–Crippen LogP) is 4.55. The summed E-state index contributed by atoms with van der Waals surface area (Å²) < 4.78 is 0. The van der Waals surface area contributed by atoms with Gasteiger partial charge >= 0.3 is 0 Å². The van der Waals surface area contributed by atoms with E-state index < -0.39 is 0 Å². The van der Waals surface area contributed by atoms with Crippen molar-refractivity contribution in [2.45, 2.75) is 38.5 Å². The van der Waals surface area contributed by atoms with Crippen LogP contribution in [0.5, 0.6) is 0 Å². The number of ketones is 1. The van der Waals surface area contributed by atoms with Gasteiger partial charge < -0.3 is 0 Å². The lowest BCUT2D eigenvalue weighted by Gasteiger charge is -2.20. The lowest BCUT2D eigenvalue weighted by atomic mass is 9.85. The normalized spacial score (nSPS) is 17.9. The van der Waals surface area contributed by atoms with Gasteiger partial charge in [0.25, 0.3) is 0 Å². The van der Waals surface area contributed by atoms with Gasteiger partial charge in [0.2, 0.25) is 0 Å². The molecule has 0 atom stereocenters. The number of Topliss-reactive ketones (excluding diaryl/α,β-unsaturated/α-hetero) is 1. The fourth-order valence-electron chi connectivity index (χ4n) is 2.24. The van der Waals surface area contributed by atoms with E-state index in [1.807, 2.05) is 5.38 Å². The van der Waals surface area contributed by atoms with E-state index in [2.05, 4.69) is 0 Å². The van der Waals surface area contributed by atoms with Crippen molar-refractivity contribution in [3.63, 3.8) is 0 Å². The first kappa shape index (κ1) is 11.2. The molecule has 0 saturated heterocycles. The zero-order valence-electron chi connectivity index (χ0n) is 8.67. The smallest absolute Gasteiger partial charge is 0.174 e. The van der Waals surface area contributed by atoms with Crippen LogP contribution in [0, 0.1) is 5.92 Å². The van der Waals surface area contributed by atoms with Gasteiger partial charge in [-0.25, -0.2) is 0 Å². The summed E-state index contributed by atoms with van der Waals surface area (Å²) in [5, 5.41) is 2.51. The summed E-state index contributed by atoms with van der Waals surface area (Å²) >= 11 is 7.41. The Labute approximate surface area is 99.5 Å². The van der Waals surface area contributed by atoms with Crippen LogP contribution in [0.1, 0.15) is 48.2 Å². The quantitative estimate of drug-likeness (QED) is 0.711. The standard InChI is InChI=1S/C12H15ClOS/c13-10-6-7-15-12(10)11(14)8-9-4-2-1-3-5-9/h6-7,9H,1-5,8H2. The molecule has 0 bridgehead atoms. The molecule has 2 rings (SSSR count). The van der Waals surface area contributed by atoms with Crippen LogP contribution >= 0.6 is 22.9 Å². The van der Waals surface area contributed by atoms with Crippen LogP contribution in [0.3, 0.4) is 0 Å². The van der Waals surface area contributed by atoms with Crippen LogP contribution < -0.4 is 0 Å². The second-order valence-electron chi connectivity index (χ2n) is 4.23. The van der Waals surface area contributed by atoms with Crippen LogP contribution in [0.4, 0.5) is 0 Å². The van der Waals surface area contributed by atoms with E-state index in [0.29, 0.717) is 17.4 Å². The second kappa shape index (κ2) is 5.13. The number of rotatable bonds is 3. The number of hydrogen-bond donors (Lipinski definition) is 0. The van der Waals surface area contributed by atoms with Crippen molar-refractivity contribution in [1.82, 2.24) is 0 Å². The van der Waals surface area contributed by atoms with Crippen molar-refractivity contribution >= 4 is 28.7 Å². The Morgan fingerprint density at radius 3 is 2.73 bits per heavy atom. The van der Waals surface area contributed by atoms with E-state index >= 15 is 0 Å². The Balaban J connectivity index is 1.94. The Bertz CT molecular complexity index is 339. The first-order chi connectivity index (χ1) is 7.27. The lowest BCUT2D eigenvalue weighted by molar-refractivity contribution is 0.0954. The van der Waals surface area contributed by atoms with Gasteiger partial charge in [0.1, 0.15) is 0 Å². The van der Waals surface area contributed by atoms with Gasteiger partial charge in [-0.3, -0.25) is 4.79 Å². The molecule has 3 heteroatoms. The molecule has 0 radical (unpaired) electrons. The molecule has 1 aliphatic rings. The molecule has 1 heterocycles. The van der Waals surface area contributed by atoms with Gasteiger partial charge in [-0.2, -0.15) is 0 Å². The number of carbonyl (C=O) groups is 1. The third kappa shape index (κ3) is 2.82. The third-order valence-corrected chi connectivity index (χ3v) is 4.45. The first-order valence-corrected chi connectivity index (χ1v) is 6.79. The Morgan fingerprint density at radius 2 is 2.13 bits per heavy atom. The molecule has 1 aromatic rings. The summed E-state index contributed by atoms with van der Waals surface area (Å²) in [5.74, 6) is 0.839. The van der Waals surface area contributed by atoms with Crippen LogP contribution in [0.2, 0.25) is 5.02 Å². The first-order valence-electron chi connectivity index (χ1n) is 5.53. The van der Waals surface area contributed by atoms with Crippen molar-refractivity contribution in [2.24, 2.45) is 5.92 Å². The molecule has 0 aliphatic heterocycles. The summed E-state index contributed by atoms with van der Waals surface area (Å²) in [7, 11) is 0. The van der Waals surface area contributed by atoms with Crippen molar-refractivity contribution in [2.75, 3.05) is 0 Å². The van der Waals surface area contributed by atoms with Crippen molar-refractivity contribution in [3.8, 4) is 0 Å². The molecule has 1 aromatic heterocycles. The molecule has 0 unspecified atom stereocenters. The van der Waals surface area contributed by atoms with Gasteiger partial charge in [0.15, 0.2) is 5.78 Å². The number of hydrogen-bond acceptors (Lipinski definition) is 2. The van der Waals surface area contributed by atoms with Crippen LogP contribution in [-0.2, 0) is 0 Å². The highest BCUT2D eigenvalue weighted by Crippen LogP contribution is 2.30. The molecule has 0 amide bonds. The van der Waals surface area contributed by atoms with E-state index in [4.69, 9.17) is 11.6 Å². The Morgan fingerprint density at radius 1 is 1.40 bits per heavy atom.